The van der Waals surface area contributed by atoms with Crippen LogP contribution in [-0.2, 0) is 11.3 Å². The first-order chi connectivity index (χ1) is 7.66. The SMILES string of the molecule is CC1OCCC1N(C)CCn1cc(N)cn1. The lowest BCUT2D eigenvalue weighted by Crippen LogP contribution is -2.38. The highest BCUT2D eigenvalue weighted by Gasteiger charge is 2.27. The Morgan fingerprint density at radius 3 is 3.06 bits per heavy atom. The predicted octanol–water partition coefficient (Wildman–Crippen LogP) is 0.574. The number of nitrogens with zero attached hydrogens (tertiary/aromatic N) is 3. The van der Waals surface area contributed by atoms with E-state index < -0.39 is 0 Å². The molecule has 0 bridgehead atoms. The molecule has 1 aliphatic heterocycles. The number of nitrogen functional groups attached to an aromatic ring is 1. The van der Waals surface area contributed by atoms with Crippen LogP contribution < -0.4 is 5.73 Å². The van der Waals surface area contributed by atoms with Gasteiger partial charge in [-0.2, -0.15) is 5.10 Å². The first kappa shape index (κ1) is 11.4. The molecule has 1 fully saturated rings. The van der Waals surface area contributed by atoms with Crippen LogP contribution in [-0.4, -0.2) is 47.0 Å². The molecule has 1 aliphatic rings. The van der Waals surface area contributed by atoms with Gasteiger partial charge in [-0.1, -0.05) is 0 Å². The third kappa shape index (κ3) is 2.54. The van der Waals surface area contributed by atoms with Crippen molar-refractivity contribution in [2.24, 2.45) is 0 Å². The molecular formula is C11H20N4O. The van der Waals surface area contributed by atoms with Gasteiger partial charge in [0.1, 0.15) is 0 Å². The van der Waals surface area contributed by atoms with E-state index >= 15 is 0 Å². The minimum atomic E-state index is 0.340. The first-order valence-electron chi connectivity index (χ1n) is 5.76. The van der Waals surface area contributed by atoms with Crippen molar-refractivity contribution in [3.8, 4) is 0 Å². The fourth-order valence-electron chi connectivity index (χ4n) is 2.23. The maximum Gasteiger partial charge on any atom is 0.0719 e. The number of rotatable bonds is 4. The molecule has 1 aromatic rings. The Balaban J connectivity index is 1.81. The summed E-state index contributed by atoms with van der Waals surface area (Å²) >= 11 is 0. The van der Waals surface area contributed by atoms with E-state index in [9.17, 15) is 0 Å². The molecular weight excluding hydrogens is 204 g/mol. The number of ether oxygens (including phenoxy) is 1. The van der Waals surface area contributed by atoms with Crippen molar-refractivity contribution in [2.45, 2.75) is 32.0 Å². The summed E-state index contributed by atoms with van der Waals surface area (Å²) in [6.45, 7) is 4.86. The van der Waals surface area contributed by atoms with Crippen LogP contribution in [0.1, 0.15) is 13.3 Å². The molecule has 0 spiro atoms. The summed E-state index contributed by atoms with van der Waals surface area (Å²) in [5.41, 5.74) is 6.33. The van der Waals surface area contributed by atoms with Gasteiger partial charge in [-0.3, -0.25) is 9.58 Å². The molecule has 0 saturated carbocycles. The molecule has 2 heterocycles. The Bertz CT molecular complexity index is 338. The van der Waals surface area contributed by atoms with Crippen LogP contribution >= 0.6 is 0 Å². The summed E-state index contributed by atoms with van der Waals surface area (Å²) in [7, 11) is 2.14. The van der Waals surface area contributed by atoms with E-state index in [1.54, 1.807) is 6.20 Å². The van der Waals surface area contributed by atoms with Crippen molar-refractivity contribution in [3.05, 3.63) is 12.4 Å². The normalized spacial score (nSPS) is 25.4. The second-order valence-corrected chi connectivity index (χ2v) is 4.45. The molecule has 2 N–H and O–H groups in total. The maximum absolute atomic E-state index is 5.61. The van der Waals surface area contributed by atoms with E-state index in [-0.39, 0.29) is 0 Å². The monoisotopic (exact) mass is 224 g/mol. The lowest BCUT2D eigenvalue weighted by molar-refractivity contribution is 0.0822. The van der Waals surface area contributed by atoms with Gasteiger partial charge in [0.25, 0.3) is 0 Å². The zero-order valence-corrected chi connectivity index (χ0v) is 9.97. The van der Waals surface area contributed by atoms with Crippen LogP contribution in [0.4, 0.5) is 5.69 Å². The molecule has 5 nitrogen and oxygen atoms in total. The zero-order valence-electron chi connectivity index (χ0n) is 9.97. The molecule has 2 atom stereocenters. The summed E-state index contributed by atoms with van der Waals surface area (Å²) < 4.78 is 7.44. The van der Waals surface area contributed by atoms with E-state index in [0.29, 0.717) is 12.1 Å². The number of aromatic nitrogens is 2. The summed E-state index contributed by atoms with van der Waals surface area (Å²) in [5, 5.41) is 4.17. The Kier molecular flexibility index (Phi) is 3.46. The van der Waals surface area contributed by atoms with E-state index in [1.807, 2.05) is 10.9 Å². The van der Waals surface area contributed by atoms with Crippen molar-refractivity contribution in [2.75, 3.05) is 25.9 Å². The topological polar surface area (TPSA) is 56.3 Å². The quantitative estimate of drug-likeness (QED) is 0.812. The smallest absolute Gasteiger partial charge is 0.0719 e. The van der Waals surface area contributed by atoms with Crippen LogP contribution in [0.15, 0.2) is 12.4 Å². The molecule has 16 heavy (non-hydrogen) atoms. The lowest BCUT2D eigenvalue weighted by atomic mass is 10.1. The summed E-state index contributed by atoms with van der Waals surface area (Å²) in [4.78, 5) is 2.34. The second kappa shape index (κ2) is 4.84. The molecule has 1 aromatic heterocycles. The van der Waals surface area contributed by atoms with E-state index in [4.69, 9.17) is 10.5 Å². The van der Waals surface area contributed by atoms with E-state index in [2.05, 4.69) is 24.0 Å². The van der Waals surface area contributed by atoms with Crippen molar-refractivity contribution in [1.82, 2.24) is 14.7 Å². The van der Waals surface area contributed by atoms with E-state index in [0.717, 1.165) is 31.8 Å². The number of likely N-dealkylation sites (N-methyl/N-ethyl adjacent to an activating group) is 1. The van der Waals surface area contributed by atoms with Crippen LogP contribution in [0, 0.1) is 0 Å². The van der Waals surface area contributed by atoms with Crippen molar-refractivity contribution in [1.29, 1.82) is 0 Å². The fourth-order valence-corrected chi connectivity index (χ4v) is 2.23. The van der Waals surface area contributed by atoms with E-state index in [1.165, 1.54) is 0 Å². The summed E-state index contributed by atoms with van der Waals surface area (Å²) in [6.07, 6.45) is 5.01. The molecule has 90 valence electrons. The fraction of sp³-hybridized carbons (Fsp3) is 0.727. The van der Waals surface area contributed by atoms with Crippen molar-refractivity contribution >= 4 is 5.69 Å². The Labute approximate surface area is 96.2 Å². The van der Waals surface area contributed by atoms with Crippen LogP contribution in [0.2, 0.25) is 0 Å². The van der Waals surface area contributed by atoms with Gasteiger partial charge in [-0.05, 0) is 20.4 Å². The zero-order chi connectivity index (χ0) is 11.5. The largest absolute Gasteiger partial charge is 0.396 e. The number of anilines is 1. The van der Waals surface area contributed by atoms with Gasteiger partial charge in [0, 0.05) is 25.4 Å². The van der Waals surface area contributed by atoms with Gasteiger partial charge in [0.15, 0.2) is 0 Å². The first-order valence-corrected chi connectivity index (χ1v) is 5.76. The predicted molar refractivity (Wildman–Crippen MR) is 63.1 cm³/mol. The number of nitrogens with two attached hydrogens (primary N) is 1. The van der Waals surface area contributed by atoms with Gasteiger partial charge in [-0.15, -0.1) is 0 Å². The third-order valence-electron chi connectivity index (χ3n) is 3.24. The van der Waals surface area contributed by atoms with Gasteiger partial charge < -0.3 is 10.5 Å². The molecule has 0 amide bonds. The molecule has 2 unspecified atom stereocenters. The van der Waals surface area contributed by atoms with Gasteiger partial charge >= 0.3 is 0 Å². The number of hydrogen-bond acceptors (Lipinski definition) is 4. The minimum Gasteiger partial charge on any atom is -0.396 e. The van der Waals surface area contributed by atoms with Crippen LogP contribution in [0.5, 0.6) is 0 Å². The van der Waals surface area contributed by atoms with Crippen molar-refractivity contribution in [3.63, 3.8) is 0 Å². The molecule has 2 rings (SSSR count). The van der Waals surface area contributed by atoms with Crippen LogP contribution in [0.3, 0.4) is 0 Å². The minimum absolute atomic E-state index is 0.340. The van der Waals surface area contributed by atoms with Gasteiger partial charge in [0.05, 0.1) is 24.5 Å². The summed E-state index contributed by atoms with van der Waals surface area (Å²) in [5.74, 6) is 0. The van der Waals surface area contributed by atoms with Gasteiger partial charge in [0.2, 0.25) is 0 Å². The number of hydrogen-bond donors (Lipinski definition) is 1. The standard InChI is InChI=1S/C11H20N4O/c1-9-11(3-6-16-9)14(2)4-5-15-8-10(12)7-13-15/h7-9,11H,3-6,12H2,1-2H3. The molecule has 0 radical (unpaired) electrons. The average molecular weight is 224 g/mol. The molecule has 0 aromatic carbocycles. The Morgan fingerprint density at radius 2 is 2.50 bits per heavy atom. The Morgan fingerprint density at radius 1 is 1.69 bits per heavy atom. The Hall–Kier alpha value is -1.07. The molecule has 5 heteroatoms. The summed E-state index contributed by atoms with van der Waals surface area (Å²) in [6, 6.07) is 0.535. The highest BCUT2D eigenvalue weighted by atomic mass is 16.5. The highest BCUT2D eigenvalue weighted by Crippen LogP contribution is 2.17. The third-order valence-corrected chi connectivity index (χ3v) is 3.24. The lowest BCUT2D eigenvalue weighted by Gasteiger charge is -2.26. The molecule has 1 saturated heterocycles. The van der Waals surface area contributed by atoms with Crippen LogP contribution in [0.25, 0.3) is 0 Å². The van der Waals surface area contributed by atoms with Crippen molar-refractivity contribution < 1.29 is 4.74 Å². The average Bonchev–Trinajstić information content (AvgIpc) is 2.84. The molecule has 0 aliphatic carbocycles. The highest BCUT2D eigenvalue weighted by molar-refractivity contribution is 5.30. The van der Waals surface area contributed by atoms with Gasteiger partial charge in [-0.25, -0.2) is 0 Å². The maximum atomic E-state index is 5.61. The second-order valence-electron chi connectivity index (χ2n) is 4.45.